The predicted octanol–water partition coefficient (Wildman–Crippen LogP) is 3.12. The van der Waals surface area contributed by atoms with Crippen molar-refractivity contribution in [3.8, 4) is 0 Å². The smallest absolute Gasteiger partial charge is 0.237 e. The molecule has 0 bridgehead atoms. The van der Waals surface area contributed by atoms with Crippen LogP contribution >= 0.6 is 0 Å². The van der Waals surface area contributed by atoms with Crippen molar-refractivity contribution in [2.45, 2.75) is 37.9 Å². The highest BCUT2D eigenvalue weighted by Crippen LogP contribution is 2.32. The summed E-state index contributed by atoms with van der Waals surface area (Å²) in [7, 11) is 0. The van der Waals surface area contributed by atoms with Crippen LogP contribution in [0.3, 0.4) is 0 Å². The summed E-state index contributed by atoms with van der Waals surface area (Å²) in [6.07, 6.45) is 2.90. The third kappa shape index (κ3) is 3.65. The largest absolute Gasteiger partial charge is 0.333 e. The van der Waals surface area contributed by atoms with Crippen molar-refractivity contribution in [3.63, 3.8) is 0 Å². The molecule has 0 spiro atoms. The third-order valence-electron chi connectivity index (χ3n) is 5.74. The fraction of sp³-hybridized carbons (Fsp3) is 0.364. The van der Waals surface area contributed by atoms with Crippen LogP contribution < -0.4 is 0 Å². The first kappa shape index (κ1) is 17.9. The molecule has 0 radical (unpaired) electrons. The van der Waals surface area contributed by atoms with Crippen molar-refractivity contribution in [1.82, 2.24) is 9.80 Å². The van der Waals surface area contributed by atoms with Crippen LogP contribution in [0.1, 0.15) is 35.4 Å². The maximum Gasteiger partial charge on any atom is 0.237 e. The molecule has 2 aromatic carbocycles. The monoisotopic (exact) mass is 366 g/mol. The molecular weight excluding hydrogens is 343 g/mol. The minimum absolute atomic E-state index is 0.00725. The molecule has 140 valence electrons. The lowest BCUT2D eigenvalue weighted by Gasteiger charge is -2.38. The van der Waals surface area contributed by atoms with Crippen molar-refractivity contribution in [2.24, 2.45) is 0 Å². The maximum atomic E-state index is 13.4. The number of fused-ring (bicyclic) bond motifs is 1. The van der Waals surface area contributed by atoms with Crippen LogP contribution in [-0.4, -0.2) is 41.1 Å². The number of carbonyl (C=O) groups is 2. The van der Waals surface area contributed by atoms with E-state index in [4.69, 9.17) is 0 Å². The molecule has 0 aliphatic carbocycles. The Morgan fingerprint density at radius 2 is 1.89 bits per heavy atom. The van der Waals surface area contributed by atoms with Gasteiger partial charge >= 0.3 is 0 Å². The second-order valence-corrected chi connectivity index (χ2v) is 7.42. The number of likely N-dealkylation sites (tertiary alicyclic amines) is 1. The minimum Gasteiger partial charge on any atom is -0.333 e. The molecule has 4 rings (SSSR count). The molecule has 0 N–H and O–H groups in total. The minimum atomic E-state index is -0.285. The summed E-state index contributed by atoms with van der Waals surface area (Å²) in [5.41, 5.74) is 3.02. The van der Waals surface area contributed by atoms with Gasteiger partial charge in [0.1, 0.15) is 12.1 Å². The molecule has 1 amide bonds. The van der Waals surface area contributed by atoms with E-state index in [1.807, 2.05) is 23.1 Å². The molecule has 2 heterocycles. The van der Waals surface area contributed by atoms with Crippen LogP contribution in [0.2, 0.25) is 0 Å². The number of hydrogen-bond acceptors (Lipinski definition) is 3. The molecule has 0 saturated carbocycles. The summed E-state index contributed by atoms with van der Waals surface area (Å²) < 4.78 is 13.4. The van der Waals surface area contributed by atoms with Crippen molar-refractivity contribution in [2.75, 3.05) is 13.1 Å². The average Bonchev–Trinajstić information content (AvgIpc) is 3.12. The lowest BCUT2D eigenvalue weighted by Crippen LogP contribution is -2.49. The van der Waals surface area contributed by atoms with Gasteiger partial charge in [0.05, 0.1) is 12.6 Å². The lowest BCUT2D eigenvalue weighted by molar-refractivity contribution is -0.134. The summed E-state index contributed by atoms with van der Waals surface area (Å²) in [6.45, 7) is 1.92. The van der Waals surface area contributed by atoms with Crippen LogP contribution in [0.25, 0.3) is 0 Å². The molecule has 2 aliphatic rings. The topological polar surface area (TPSA) is 40.6 Å². The predicted molar refractivity (Wildman–Crippen MR) is 100 cm³/mol. The zero-order valence-corrected chi connectivity index (χ0v) is 15.2. The number of benzene rings is 2. The Morgan fingerprint density at radius 3 is 2.67 bits per heavy atom. The van der Waals surface area contributed by atoms with E-state index in [0.29, 0.717) is 13.1 Å². The Morgan fingerprint density at radius 1 is 1.11 bits per heavy atom. The zero-order chi connectivity index (χ0) is 18.8. The van der Waals surface area contributed by atoms with E-state index in [0.717, 1.165) is 42.4 Å². The standard InChI is InChI=1S/C22H23FN2O2/c23-19-9-8-17-12-25(13-18(17)11-19)22(27)14-24-10-4-7-20(21(24)15-26)16-5-2-1-3-6-16/h1-3,5-6,8-9,11,15,20-21H,4,7,10,12-14H2/t20-,21?/m1/s1. The number of amides is 1. The van der Waals surface area contributed by atoms with E-state index >= 15 is 0 Å². The Balaban J connectivity index is 1.45. The number of carbonyl (C=O) groups excluding carboxylic acids is 2. The van der Waals surface area contributed by atoms with E-state index < -0.39 is 0 Å². The van der Waals surface area contributed by atoms with Crippen molar-refractivity contribution < 1.29 is 14.0 Å². The molecule has 1 unspecified atom stereocenters. The Bertz CT molecular complexity index is 839. The molecule has 2 aliphatic heterocycles. The second kappa shape index (κ2) is 7.61. The first-order valence-electron chi connectivity index (χ1n) is 9.45. The summed E-state index contributed by atoms with van der Waals surface area (Å²) in [6, 6.07) is 14.5. The van der Waals surface area contributed by atoms with Gasteiger partial charge in [-0.2, -0.15) is 0 Å². The molecule has 27 heavy (non-hydrogen) atoms. The van der Waals surface area contributed by atoms with Crippen LogP contribution in [0.15, 0.2) is 48.5 Å². The van der Waals surface area contributed by atoms with Gasteiger partial charge < -0.3 is 9.69 Å². The SMILES string of the molecule is O=CC1[C@@H](c2ccccc2)CCCN1CC(=O)N1Cc2ccc(F)cc2C1. The van der Waals surface area contributed by atoms with Crippen LogP contribution in [0.4, 0.5) is 4.39 Å². The molecule has 1 saturated heterocycles. The van der Waals surface area contributed by atoms with Gasteiger partial charge in [-0.05, 0) is 48.2 Å². The Kier molecular flexibility index (Phi) is 5.03. The number of nitrogens with zero attached hydrogens (tertiary/aromatic N) is 2. The number of halogens is 1. The fourth-order valence-electron chi connectivity index (χ4n) is 4.33. The van der Waals surface area contributed by atoms with Gasteiger partial charge in [-0.3, -0.25) is 9.69 Å². The molecular formula is C22H23FN2O2. The summed E-state index contributed by atoms with van der Waals surface area (Å²) in [4.78, 5) is 28.5. The molecule has 0 aromatic heterocycles. The van der Waals surface area contributed by atoms with Gasteiger partial charge in [0.15, 0.2) is 0 Å². The van der Waals surface area contributed by atoms with Gasteiger partial charge in [0.2, 0.25) is 5.91 Å². The number of hydrogen-bond donors (Lipinski definition) is 0. The van der Waals surface area contributed by atoms with E-state index in [-0.39, 0.29) is 30.2 Å². The van der Waals surface area contributed by atoms with Gasteiger partial charge in [-0.15, -0.1) is 0 Å². The van der Waals surface area contributed by atoms with E-state index in [1.54, 1.807) is 11.0 Å². The molecule has 5 heteroatoms. The van der Waals surface area contributed by atoms with Crippen LogP contribution in [0.5, 0.6) is 0 Å². The fourth-order valence-corrected chi connectivity index (χ4v) is 4.33. The zero-order valence-electron chi connectivity index (χ0n) is 15.2. The quantitative estimate of drug-likeness (QED) is 0.781. The number of piperidine rings is 1. The third-order valence-corrected chi connectivity index (χ3v) is 5.74. The van der Waals surface area contributed by atoms with Gasteiger partial charge in [-0.25, -0.2) is 4.39 Å². The molecule has 4 nitrogen and oxygen atoms in total. The van der Waals surface area contributed by atoms with Gasteiger partial charge in [0.25, 0.3) is 0 Å². The van der Waals surface area contributed by atoms with Gasteiger partial charge in [-0.1, -0.05) is 36.4 Å². The van der Waals surface area contributed by atoms with Crippen molar-refractivity contribution >= 4 is 12.2 Å². The number of aldehydes is 1. The van der Waals surface area contributed by atoms with Crippen LogP contribution in [0, 0.1) is 5.82 Å². The summed E-state index contributed by atoms with van der Waals surface area (Å²) in [5.74, 6) is -0.159. The van der Waals surface area contributed by atoms with E-state index in [9.17, 15) is 14.0 Å². The lowest BCUT2D eigenvalue weighted by atomic mass is 9.84. The summed E-state index contributed by atoms with van der Waals surface area (Å²) >= 11 is 0. The Hall–Kier alpha value is -2.53. The molecule has 1 fully saturated rings. The molecule has 2 atom stereocenters. The first-order valence-corrected chi connectivity index (χ1v) is 9.45. The van der Waals surface area contributed by atoms with Crippen LogP contribution in [-0.2, 0) is 22.7 Å². The first-order chi connectivity index (χ1) is 13.2. The van der Waals surface area contributed by atoms with Crippen molar-refractivity contribution in [3.05, 3.63) is 71.0 Å². The molecule has 2 aromatic rings. The second-order valence-electron chi connectivity index (χ2n) is 7.42. The highest BCUT2D eigenvalue weighted by Gasteiger charge is 2.34. The Labute approximate surface area is 158 Å². The highest BCUT2D eigenvalue weighted by atomic mass is 19.1. The van der Waals surface area contributed by atoms with E-state index in [2.05, 4.69) is 12.1 Å². The van der Waals surface area contributed by atoms with Gasteiger partial charge in [0, 0.05) is 19.0 Å². The number of rotatable bonds is 4. The normalized spacial score (nSPS) is 22.5. The average molecular weight is 366 g/mol. The van der Waals surface area contributed by atoms with Crippen molar-refractivity contribution in [1.29, 1.82) is 0 Å². The van der Waals surface area contributed by atoms with E-state index in [1.165, 1.54) is 12.1 Å². The highest BCUT2D eigenvalue weighted by molar-refractivity contribution is 5.79. The maximum absolute atomic E-state index is 13.4. The summed E-state index contributed by atoms with van der Waals surface area (Å²) in [5, 5.41) is 0.